The monoisotopic (exact) mass is 113 g/mol. The number of nitrogens with two attached hydrogens (primary N) is 1. The summed E-state index contributed by atoms with van der Waals surface area (Å²) in [5.41, 5.74) is 3.82. The van der Waals surface area contributed by atoms with Gasteiger partial charge in [0.15, 0.2) is 0 Å². The van der Waals surface area contributed by atoms with Crippen LogP contribution in [0.4, 0.5) is 0 Å². The molecular weight excluding hydrogens is 110 g/mol. The molecule has 0 aliphatic heterocycles. The van der Waals surface area contributed by atoms with Crippen LogP contribution in [0.2, 0.25) is 0 Å². The number of hydrogen-bond acceptors (Lipinski definition) is 4. The Morgan fingerprint density at radius 2 is 2.38 bits per heavy atom. The molecule has 0 aromatic carbocycles. The maximum atomic E-state index is 9.87. The van der Waals surface area contributed by atoms with Crippen LogP contribution < -0.4 is 5.73 Å². The average Bonchev–Trinajstić information content (AvgIpc) is 1.69. The van der Waals surface area contributed by atoms with Gasteiger partial charge in [0.05, 0.1) is 0 Å². The maximum Gasteiger partial charge on any atom is 0.281 e. The number of primary amides is 1. The Morgan fingerprint density at radius 1 is 1.88 bits per heavy atom. The number of amides is 1. The lowest BCUT2D eigenvalue weighted by Gasteiger charge is -1.79. The molecule has 0 aliphatic carbocycles. The highest BCUT2D eigenvalue weighted by Crippen LogP contribution is 1.68. The van der Waals surface area contributed by atoms with Crippen molar-refractivity contribution in [1.82, 2.24) is 0 Å². The van der Waals surface area contributed by atoms with Gasteiger partial charge in [0.25, 0.3) is 5.91 Å². The third kappa shape index (κ3) is 1.26. The maximum absolute atomic E-state index is 9.87. The summed E-state index contributed by atoms with van der Waals surface area (Å²) in [5.74, 6) is -1.03. The number of nitriles is 1. The Hall–Kier alpha value is -1.57. The molecule has 42 valence electrons. The fraction of sp³-hybridized carbons (Fsp3) is 0. The van der Waals surface area contributed by atoms with Crippen LogP contribution >= 0.6 is 0 Å². The SMILES string of the molecule is N#CC(=NO)C(N)=O. The first-order valence-electron chi connectivity index (χ1n) is 1.64. The van der Waals surface area contributed by atoms with Crippen LogP contribution in [-0.2, 0) is 4.79 Å². The van der Waals surface area contributed by atoms with Gasteiger partial charge >= 0.3 is 0 Å². The third-order valence-electron chi connectivity index (χ3n) is 0.439. The lowest BCUT2D eigenvalue weighted by atomic mass is 10.4. The molecule has 0 atom stereocenters. The number of carbonyl (C=O) groups excluding carboxylic acids is 1. The number of rotatable bonds is 1. The van der Waals surface area contributed by atoms with E-state index in [2.05, 4.69) is 10.9 Å². The lowest BCUT2D eigenvalue weighted by molar-refractivity contribution is -0.112. The summed E-state index contributed by atoms with van der Waals surface area (Å²) < 4.78 is 0. The van der Waals surface area contributed by atoms with Gasteiger partial charge in [0.1, 0.15) is 6.07 Å². The predicted molar refractivity (Wildman–Crippen MR) is 24.0 cm³/mol. The Bertz CT molecular complexity index is 166. The first-order valence-corrected chi connectivity index (χ1v) is 1.64. The fourth-order valence-electron chi connectivity index (χ4n) is 0.127. The molecule has 3 N–H and O–H groups in total. The second-order valence-corrected chi connectivity index (χ2v) is 0.925. The van der Waals surface area contributed by atoms with E-state index in [9.17, 15) is 4.79 Å². The molecule has 0 aromatic heterocycles. The van der Waals surface area contributed by atoms with Crippen LogP contribution in [0.15, 0.2) is 5.16 Å². The van der Waals surface area contributed by atoms with Crippen molar-refractivity contribution in [2.45, 2.75) is 0 Å². The summed E-state index contributed by atoms with van der Waals surface area (Å²) in [4.78, 5) is 9.87. The Morgan fingerprint density at radius 3 is 2.38 bits per heavy atom. The number of nitrogens with zero attached hydrogens (tertiary/aromatic N) is 2. The quantitative estimate of drug-likeness (QED) is 0.254. The van der Waals surface area contributed by atoms with Crippen LogP contribution in [0.1, 0.15) is 0 Å². The number of carbonyl (C=O) groups is 1. The first-order chi connectivity index (χ1) is 3.72. The highest BCUT2D eigenvalue weighted by Gasteiger charge is 2.02. The largest absolute Gasteiger partial charge is 0.410 e. The van der Waals surface area contributed by atoms with Crippen molar-refractivity contribution in [3.05, 3.63) is 0 Å². The minimum absolute atomic E-state index is 0.690. The van der Waals surface area contributed by atoms with Crippen LogP contribution in [0.3, 0.4) is 0 Å². The molecule has 5 nitrogen and oxygen atoms in total. The first kappa shape index (κ1) is 6.43. The Labute approximate surface area is 45.0 Å². The third-order valence-corrected chi connectivity index (χ3v) is 0.439. The molecule has 0 bridgehead atoms. The minimum Gasteiger partial charge on any atom is -0.410 e. The zero-order chi connectivity index (χ0) is 6.57. The average molecular weight is 113 g/mol. The van der Waals surface area contributed by atoms with Gasteiger partial charge in [-0.1, -0.05) is 5.16 Å². The van der Waals surface area contributed by atoms with Gasteiger partial charge in [0, 0.05) is 0 Å². The van der Waals surface area contributed by atoms with Gasteiger partial charge in [-0.25, -0.2) is 0 Å². The molecule has 0 saturated carbocycles. The molecule has 0 spiro atoms. The molecule has 8 heavy (non-hydrogen) atoms. The zero-order valence-corrected chi connectivity index (χ0v) is 3.83. The molecule has 0 rings (SSSR count). The Kier molecular flexibility index (Phi) is 2.07. The van der Waals surface area contributed by atoms with Crippen molar-refractivity contribution >= 4 is 11.6 Å². The van der Waals surface area contributed by atoms with E-state index in [-0.39, 0.29) is 0 Å². The Balaban J connectivity index is 4.20. The van der Waals surface area contributed by atoms with Crippen LogP contribution in [0, 0.1) is 11.3 Å². The van der Waals surface area contributed by atoms with Gasteiger partial charge in [-0.2, -0.15) is 5.26 Å². The van der Waals surface area contributed by atoms with Crippen molar-refractivity contribution in [1.29, 1.82) is 5.26 Å². The molecule has 0 saturated heterocycles. The predicted octanol–water partition coefficient (Wildman–Crippen LogP) is -1.17. The summed E-state index contributed by atoms with van der Waals surface area (Å²) in [6.07, 6.45) is 0. The normalized spacial score (nSPS) is 10.1. The second kappa shape index (κ2) is 2.58. The topological polar surface area (TPSA) is 99.5 Å². The van der Waals surface area contributed by atoms with Gasteiger partial charge in [-0.15, -0.1) is 0 Å². The van der Waals surface area contributed by atoms with E-state index >= 15 is 0 Å². The van der Waals surface area contributed by atoms with E-state index in [0.29, 0.717) is 0 Å². The van der Waals surface area contributed by atoms with Gasteiger partial charge in [0.2, 0.25) is 5.71 Å². The summed E-state index contributed by atoms with van der Waals surface area (Å²) in [7, 11) is 0. The summed E-state index contributed by atoms with van der Waals surface area (Å²) in [6, 6.07) is 1.28. The number of hydrogen-bond donors (Lipinski definition) is 2. The standard InChI is InChI=1S/C3H3N3O2/c4-1-2(6-8)3(5)7/h8H,(H2,5,7). The minimum atomic E-state index is -1.03. The number of oxime groups is 1. The summed E-state index contributed by atoms with van der Waals surface area (Å²) in [5, 5.41) is 17.9. The van der Waals surface area contributed by atoms with Gasteiger partial charge < -0.3 is 10.9 Å². The summed E-state index contributed by atoms with van der Waals surface area (Å²) >= 11 is 0. The highest BCUT2D eigenvalue weighted by atomic mass is 16.4. The molecule has 5 heteroatoms. The van der Waals surface area contributed by atoms with E-state index in [0.717, 1.165) is 0 Å². The van der Waals surface area contributed by atoms with E-state index < -0.39 is 11.6 Å². The molecular formula is C3H3N3O2. The van der Waals surface area contributed by atoms with Crippen LogP contribution in [-0.4, -0.2) is 16.8 Å². The zero-order valence-electron chi connectivity index (χ0n) is 3.83. The molecule has 0 aromatic rings. The van der Waals surface area contributed by atoms with Crippen molar-refractivity contribution in [3.63, 3.8) is 0 Å². The van der Waals surface area contributed by atoms with E-state index in [4.69, 9.17) is 10.5 Å². The van der Waals surface area contributed by atoms with Crippen molar-refractivity contribution < 1.29 is 10.0 Å². The van der Waals surface area contributed by atoms with Gasteiger partial charge in [-0.05, 0) is 0 Å². The second-order valence-electron chi connectivity index (χ2n) is 0.925. The van der Waals surface area contributed by atoms with Crippen molar-refractivity contribution in [2.24, 2.45) is 10.9 Å². The molecule has 0 heterocycles. The highest BCUT2D eigenvalue weighted by molar-refractivity contribution is 6.44. The summed E-state index contributed by atoms with van der Waals surface area (Å²) in [6.45, 7) is 0. The van der Waals surface area contributed by atoms with Gasteiger partial charge in [-0.3, -0.25) is 4.79 Å². The van der Waals surface area contributed by atoms with E-state index in [1.165, 1.54) is 6.07 Å². The van der Waals surface area contributed by atoms with E-state index in [1.54, 1.807) is 0 Å². The smallest absolute Gasteiger partial charge is 0.281 e. The molecule has 0 fully saturated rings. The van der Waals surface area contributed by atoms with Crippen LogP contribution in [0.5, 0.6) is 0 Å². The molecule has 0 aliphatic rings. The molecule has 0 radical (unpaired) electrons. The van der Waals surface area contributed by atoms with Crippen molar-refractivity contribution in [3.8, 4) is 6.07 Å². The van der Waals surface area contributed by atoms with Crippen LogP contribution in [0.25, 0.3) is 0 Å². The lowest BCUT2D eigenvalue weighted by Crippen LogP contribution is -2.21. The van der Waals surface area contributed by atoms with E-state index in [1.807, 2.05) is 0 Å². The van der Waals surface area contributed by atoms with Crippen molar-refractivity contribution in [2.75, 3.05) is 0 Å². The fourth-order valence-corrected chi connectivity index (χ4v) is 0.127. The molecule has 1 amide bonds. The molecule has 0 unspecified atom stereocenters.